The Bertz CT molecular complexity index is 573. The Labute approximate surface area is 121 Å². The molecule has 0 atom stereocenters. The van der Waals surface area contributed by atoms with Crippen LogP contribution in [-0.4, -0.2) is 28.6 Å². The first kappa shape index (κ1) is 16.2. The number of aliphatic carboxylic acids is 1. The van der Waals surface area contributed by atoms with E-state index >= 15 is 0 Å². The van der Waals surface area contributed by atoms with E-state index in [9.17, 15) is 9.59 Å². The van der Waals surface area contributed by atoms with Crippen LogP contribution >= 0.6 is 0 Å². The van der Waals surface area contributed by atoms with Gasteiger partial charge in [0.2, 0.25) is 0 Å². The molecule has 0 aromatic heterocycles. The quantitative estimate of drug-likeness (QED) is 0.410. The van der Waals surface area contributed by atoms with Crippen LogP contribution in [0.15, 0.2) is 36.0 Å². The number of carboxylic acid groups (broad SMARTS) is 1. The number of carbonyl (C=O) groups excluding carboxylic acids is 1. The van der Waals surface area contributed by atoms with Gasteiger partial charge in [-0.1, -0.05) is 24.3 Å². The number of carbonyl (C=O) groups is 2. The van der Waals surface area contributed by atoms with Crippen LogP contribution < -0.4 is 10.6 Å². The lowest BCUT2D eigenvalue weighted by atomic mass is 10.1. The van der Waals surface area contributed by atoms with E-state index in [1.54, 1.807) is 18.2 Å². The molecule has 0 radical (unpaired) electrons. The predicted molar refractivity (Wildman–Crippen MR) is 73.5 cm³/mol. The summed E-state index contributed by atoms with van der Waals surface area (Å²) < 4.78 is 0. The molecule has 4 N–H and O–H groups in total. The first-order valence-corrected chi connectivity index (χ1v) is 6.09. The summed E-state index contributed by atoms with van der Waals surface area (Å²) in [6, 6.07) is 8.85. The Morgan fingerprint density at radius 3 is 2.38 bits per heavy atom. The van der Waals surface area contributed by atoms with Gasteiger partial charge in [-0.2, -0.15) is 5.26 Å². The van der Waals surface area contributed by atoms with Gasteiger partial charge in [0, 0.05) is 12.7 Å². The molecule has 0 aliphatic carbocycles. The van der Waals surface area contributed by atoms with Crippen molar-refractivity contribution >= 4 is 11.9 Å². The highest BCUT2D eigenvalue weighted by Gasteiger charge is 2.09. The number of amides is 1. The minimum Gasteiger partial charge on any atom is -0.480 e. The second-order valence-corrected chi connectivity index (χ2v) is 4.10. The zero-order chi connectivity index (χ0) is 15.7. The van der Waals surface area contributed by atoms with Gasteiger partial charge in [0.1, 0.15) is 18.2 Å². The molecule has 0 spiro atoms. The van der Waals surface area contributed by atoms with Crippen molar-refractivity contribution in [2.24, 2.45) is 0 Å². The highest BCUT2D eigenvalue weighted by Crippen LogP contribution is 2.04. The molecule has 0 fully saturated rings. The number of aliphatic hydroxyl groups is 1. The fraction of sp³-hybridized carbons (Fsp3) is 0.214. The third-order valence-corrected chi connectivity index (χ3v) is 2.52. The van der Waals surface area contributed by atoms with Crippen LogP contribution in [0, 0.1) is 11.3 Å². The second kappa shape index (κ2) is 8.35. The van der Waals surface area contributed by atoms with E-state index in [4.69, 9.17) is 15.5 Å². The second-order valence-electron chi connectivity index (χ2n) is 4.10. The predicted octanol–water partition coefficient (Wildman–Crippen LogP) is -0.123. The summed E-state index contributed by atoms with van der Waals surface area (Å²) in [7, 11) is 0. The topological polar surface area (TPSA) is 122 Å². The third-order valence-electron chi connectivity index (χ3n) is 2.52. The summed E-state index contributed by atoms with van der Waals surface area (Å²) in [4.78, 5) is 21.8. The number of aliphatic hydroxyl groups excluding tert-OH is 1. The highest BCUT2D eigenvalue weighted by molar-refractivity contribution is 5.98. The summed E-state index contributed by atoms with van der Waals surface area (Å²) in [6.45, 7) is -0.181. The molecule has 1 aromatic rings. The van der Waals surface area contributed by atoms with Crippen molar-refractivity contribution in [3.63, 3.8) is 0 Å². The van der Waals surface area contributed by atoms with E-state index in [-0.39, 0.29) is 12.2 Å². The molecule has 110 valence electrons. The molecule has 0 saturated carbocycles. The van der Waals surface area contributed by atoms with Gasteiger partial charge in [-0.3, -0.25) is 9.59 Å². The third kappa shape index (κ3) is 5.76. The number of carboxylic acids is 1. The van der Waals surface area contributed by atoms with Gasteiger partial charge in [-0.05, 0) is 11.1 Å². The van der Waals surface area contributed by atoms with Gasteiger partial charge in [0.15, 0.2) is 0 Å². The van der Waals surface area contributed by atoms with E-state index < -0.39 is 18.4 Å². The first-order valence-electron chi connectivity index (χ1n) is 6.09. The van der Waals surface area contributed by atoms with Crippen LogP contribution in [0.5, 0.6) is 0 Å². The molecule has 21 heavy (non-hydrogen) atoms. The number of nitriles is 1. The Morgan fingerprint density at radius 1 is 1.24 bits per heavy atom. The molecule has 0 aliphatic rings. The molecular weight excluding hydrogens is 274 g/mol. The average Bonchev–Trinajstić information content (AvgIpc) is 2.49. The van der Waals surface area contributed by atoms with Crippen molar-refractivity contribution in [3.8, 4) is 6.07 Å². The number of nitrogens with one attached hydrogen (secondary N) is 2. The molecule has 0 heterocycles. The normalized spacial score (nSPS) is 10.6. The minimum atomic E-state index is -1.18. The molecule has 1 aromatic carbocycles. The molecule has 0 unspecified atom stereocenters. The van der Waals surface area contributed by atoms with Crippen LogP contribution in [0.25, 0.3) is 0 Å². The Balaban J connectivity index is 2.54. The number of nitrogens with zero attached hydrogens (tertiary/aromatic N) is 1. The fourth-order valence-corrected chi connectivity index (χ4v) is 1.43. The molecule has 1 amide bonds. The van der Waals surface area contributed by atoms with Crippen LogP contribution in [-0.2, 0) is 22.7 Å². The van der Waals surface area contributed by atoms with Gasteiger partial charge in [-0.15, -0.1) is 0 Å². The zero-order valence-corrected chi connectivity index (χ0v) is 11.2. The van der Waals surface area contributed by atoms with Crippen molar-refractivity contribution in [3.05, 3.63) is 47.2 Å². The molecule has 7 heteroatoms. The van der Waals surface area contributed by atoms with Crippen LogP contribution in [0.4, 0.5) is 0 Å². The molecule has 1 rings (SSSR count). The number of rotatable bonds is 7. The van der Waals surface area contributed by atoms with Crippen molar-refractivity contribution < 1.29 is 19.8 Å². The number of benzene rings is 1. The zero-order valence-electron chi connectivity index (χ0n) is 11.2. The summed E-state index contributed by atoms with van der Waals surface area (Å²) in [5.41, 5.74) is 1.50. The maximum absolute atomic E-state index is 11.5. The highest BCUT2D eigenvalue weighted by atomic mass is 16.4. The standard InChI is InChI=1S/C14H15N3O4/c15-5-12(14(21)17-8-13(19)20)7-16-6-10-1-3-11(9-18)4-2-10/h1-4,7,16,18H,6,8-9H2,(H,17,21)(H,19,20)/b12-7-. The van der Waals surface area contributed by atoms with Crippen molar-refractivity contribution in [2.75, 3.05) is 6.54 Å². The maximum Gasteiger partial charge on any atom is 0.322 e. The van der Waals surface area contributed by atoms with E-state index in [1.807, 2.05) is 12.1 Å². The van der Waals surface area contributed by atoms with E-state index in [0.29, 0.717) is 6.54 Å². The van der Waals surface area contributed by atoms with Crippen molar-refractivity contribution in [1.29, 1.82) is 5.26 Å². The molecular formula is C14H15N3O4. The van der Waals surface area contributed by atoms with Gasteiger partial charge < -0.3 is 20.8 Å². The van der Waals surface area contributed by atoms with Gasteiger partial charge >= 0.3 is 5.97 Å². The average molecular weight is 289 g/mol. The minimum absolute atomic E-state index is 0.0318. The van der Waals surface area contributed by atoms with Crippen LogP contribution in [0.3, 0.4) is 0 Å². The maximum atomic E-state index is 11.5. The fourth-order valence-electron chi connectivity index (χ4n) is 1.43. The number of hydrogen-bond acceptors (Lipinski definition) is 5. The summed E-state index contributed by atoms with van der Waals surface area (Å²) in [5.74, 6) is -1.93. The molecule has 0 bridgehead atoms. The van der Waals surface area contributed by atoms with Crippen molar-refractivity contribution in [1.82, 2.24) is 10.6 Å². The SMILES string of the molecule is N#C/C(=C/NCc1ccc(CO)cc1)C(=O)NCC(=O)O. The van der Waals surface area contributed by atoms with Gasteiger partial charge in [-0.25, -0.2) is 0 Å². The lowest BCUT2D eigenvalue weighted by Crippen LogP contribution is -2.30. The Morgan fingerprint density at radius 2 is 1.86 bits per heavy atom. The molecule has 7 nitrogen and oxygen atoms in total. The lowest BCUT2D eigenvalue weighted by molar-refractivity contribution is -0.137. The largest absolute Gasteiger partial charge is 0.480 e. The summed E-state index contributed by atoms with van der Waals surface area (Å²) >= 11 is 0. The Hall–Kier alpha value is -2.85. The number of hydrogen-bond donors (Lipinski definition) is 4. The molecule has 0 aliphatic heterocycles. The van der Waals surface area contributed by atoms with E-state index in [2.05, 4.69) is 10.6 Å². The van der Waals surface area contributed by atoms with Crippen LogP contribution in [0.1, 0.15) is 11.1 Å². The smallest absolute Gasteiger partial charge is 0.322 e. The first-order chi connectivity index (χ1) is 10.1. The van der Waals surface area contributed by atoms with E-state index in [0.717, 1.165) is 11.1 Å². The van der Waals surface area contributed by atoms with Gasteiger partial charge in [0.25, 0.3) is 5.91 Å². The van der Waals surface area contributed by atoms with E-state index in [1.165, 1.54) is 6.20 Å². The summed E-state index contributed by atoms with van der Waals surface area (Å²) in [6.07, 6.45) is 1.23. The lowest BCUT2D eigenvalue weighted by Gasteiger charge is -2.04. The van der Waals surface area contributed by atoms with Crippen LogP contribution in [0.2, 0.25) is 0 Å². The van der Waals surface area contributed by atoms with Crippen molar-refractivity contribution in [2.45, 2.75) is 13.2 Å². The summed E-state index contributed by atoms with van der Waals surface area (Å²) in [5, 5.41) is 31.1. The Kier molecular flexibility index (Phi) is 6.44. The monoisotopic (exact) mass is 289 g/mol. The van der Waals surface area contributed by atoms with Gasteiger partial charge in [0.05, 0.1) is 6.61 Å². The molecule has 0 saturated heterocycles.